The smallest absolute Gasteiger partial charge is 0.264 e. The monoisotopic (exact) mass is 487 g/mol. The van der Waals surface area contributed by atoms with E-state index < -0.39 is 22.5 Å². The highest BCUT2D eigenvalue weighted by molar-refractivity contribution is 7.92. The zero-order valence-corrected chi connectivity index (χ0v) is 19.3. The van der Waals surface area contributed by atoms with E-state index in [0.29, 0.717) is 22.9 Å². The minimum Gasteiger partial charge on any atom is -0.507 e. The molecule has 3 rings (SSSR count). The summed E-state index contributed by atoms with van der Waals surface area (Å²) < 4.78 is 33.4. The molecule has 10 heteroatoms. The molecule has 0 aliphatic carbocycles. The number of sulfonamides is 1. The number of anilines is 1. The lowest BCUT2D eigenvalue weighted by atomic mass is 10.2. The van der Waals surface area contributed by atoms with Crippen molar-refractivity contribution in [3.63, 3.8) is 0 Å². The number of benzene rings is 3. The summed E-state index contributed by atoms with van der Waals surface area (Å²) in [7, 11) is -4.15. The van der Waals surface area contributed by atoms with Crippen molar-refractivity contribution < 1.29 is 23.1 Å². The second-order valence-corrected chi connectivity index (χ2v) is 9.02. The van der Waals surface area contributed by atoms with Gasteiger partial charge in [0.05, 0.1) is 23.4 Å². The van der Waals surface area contributed by atoms with Crippen LogP contribution in [0, 0.1) is 0 Å². The number of hydrazone groups is 1. The fourth-order valence-corrected chi connectivity index (χ4v) is 4.47. The number of rotatable bonds is 9. The molecule has 0 fully saturated rings. The van der Waals surface area contributed by atoms with Gasteiger partial charge in [-0.1, -0.05) is 35.9 Å². The fourth-order valence-electron chi connectivity index (χ4n) is 2.91. The molecule has 0 radical (unpaired) electrons. The van der Waals surface area contributed by atoms with Crippen LogP contribution < -0.4 is 14.5 Å². The second kappa shape index (κ2) is 10.8. The Balaban J connectivity index is 1.91. The van der Waals surface area contributed by atoms with Crippen LogP contribution in [0.15, 0.2) is 82.8 Å². The van der Waals surface area contributed by atoms with Crippen LogP contribution in [0.5, 0.6) is 11.5 Å². The molecule has 0 spiro atoms. The molecular weight excluding hydrogens is 466 g/mol. The van der Waals surface area contributed by atoms with Crippen LogP contribution in [0.4, 0.5) is 5.69 Å². The average molecular weight is 488 g/mol. The molecule has 0 unspecified atom stereocenters. The fraction of sp³-hybridized carbons (Fsp3) is 0.130. The molecule has 0 aliphatic heterocycles. The van der Waals surface area contributed by atoms with Crippen molar-refractivity contribution in [2.75, 3.05) is 17.5 Å². The molecule has 0 bridgehead atoms. The lowest BCUT2D eigenvalue weighted by molar-refractivity contribution is -0.119. The summed E-state index contributed by atoms with van der Waals surface area (Å²) in [5.41, 5.74) is 2.89. The van der Waals surface area contributed by atoms with Gasteiger partial charge in [-0.2, -0.15) is 5.10 Å². The third-order valence-corrected chi connectivity index (χ3v) is 6.48. The first-order chi connectivity index (χ1) is 15.8. The number of phenolic OH excluding ortho intramolecular Hbond substituents is 1. The summed E-state index contributed by atoms with van der Waals surface area (Å²) in [6, 6.07) is 18.6. The topological polar surface area (TPSA) is 108 Å². The minimum atomic E-state index is -4.15. The normalized spacial score (nSPS) is 11.3. The number of halogens is 1. The van der Waals surface area contributed by atoms with Gasteiger partial charge in [-0.3, -0.25) is 9.10 Å². The zero-order chi connectivity index (χ0) is 23.8. The van der Waals surface area contributed by atoms with Crippen LogP contribution in [0.3, 0.4) is 0 Å². The van der Waals surface area contributed by atoms with E-state index in [1.165, 1.54) is 36.5 Å². The first-order valence-electron chi connectivity index (χ1n) is 9.93. The summed E-state index contributed by atoms with van der Waals surface area (Å²) in [5.74, 6) is -0.387. The van der Waals surface area contributed by atoms with Crippen molar-refractivity contribution in [3.05, 3.63) is 83.4 Å². The minimum absolute atomic E-state index is 0.00640. The van der Waals surface area contributed by atoms with E-state index in [0.717, 1.165) is 4.31 Å². The van der Waals surface area contributed by atoms with Gasteiger partial charge < -0.3 is 9.84 Å². The van der Waals surface area contributed by atoms with Gasteiger partial charge in [0.2, 0.25) is 0 Å². The lowest BCUT2D eigenvalue weighted by Crippen LogP contribution is -2.39. The molecule has 0 aromatic heterocycles. The van der Waals surface area contributed by atoms with Gasteiger partial charge in [0, 0.05) is 10.6 Å². The van der Waals surface area contributed by atoms with Gasteiger partial charge in [-0.25, -0.2) is 13.8 Å². The van der Waals surface area contributed by atoms with E-state index in [2.05, 4.69) is 10.5 Å². The van der Waals surface area contributed by atoms with Crippen molar-refractivity contribution in [1.29, 1.82) is 0 Å². The highest BCUT2D eigenvalue weighted by atomic mass is 35.5. The molecule has 1 amide bonds. The molecule has 172 valence electrons. The number of nitrogens with zero attached hydrogens (tertiary/aromatic N) is 2. The van der Waals surface area contributed by atoms with Crippen LogP contribution in [0.1, 0.15) is 12.5 Å². The van der Waals surface area contributed by atoms with Crippen molar-refractivity contribution in [1.82, 2.24) is 5.43 Å². The Labute approximate surface area is 197 Å². The summed E-state index contributed by atoms with van der Waals surface area (Å²) in [6.45, 7) is 1.52. The van der Waals surface area contributed by atoms with Crippen LogP contribution in [-0.4, -0.2) is 38.8 Å². The van der Waals surface area contributed by atoms with Crippen LogP contribution in [0.25, 0.3) is 0 Å². The summed E-state index contributed by atoms with van der Waals surface area (Å²) in [6.07, 6.45) is 1.26. The predicted molar refractivity (Wildman–Crippen MR) is 127 cm³/mol. The molecule has 0 atom stereocenters. The molecule has 2 N–H and O–H groups in total. The molecule has 0 saturated heterocycles. The molecular formula is C23H22ClN3O5S. The van der Waals surface area contributed by atoms with Gasteiger partial charge in [0.15, 0.2) is 0 Å². The summed E-state index contributed by atoms with van der Waals surface area (Å²) >= 11 is 5.90. The third kappa shape index (κ3) is 6.03. The molecule has 0 saturated carbocycles. The Bertz CT molecular complexity index is 1250. The Morgan fingerprint density at radius 1 is 1.09 bits per heavy atom. The molecule has 3 aromatic rings. The van der Waals surface area contributed by atoms with Gasteiger partial charge in [0.1, 0.15) is 18.0 Å². The number of hydrogen-bond acceptors (Lipinski definition) is 6. The lowest BCUT2D eigenvalue weighted by Gasteiger charge is -2.25. The molecule has 0 heterocycles. The van der Waals surface area contributed by atoms with Gasteiger partial charge in [-0.05, 0) is 55.5 Å². The van der Waals surface area contributed by atoms with E-state index in [1.54, 1.807) is 49.4 Å². The maximum atomic E-state index is 13.5. The Kier molecular flexibility index (Phi) is 7.92. The quantitative estimate of drug-likeness (QED) is 0.352. The Morgan fingerprint density at radius 2 is 1.76 bits per heavy atom. The SMILES string of the molecule is CCOc1ccccc1N(CC(=O)N/N=C\c1ccccc1O)S(=O)(=O)c1ccc(Cl)cc1. The summed E-state index contributed by atoms with van der Waals surface area (Å²) in [5, 5.41) is 14.0. The molecule has 3 aromatic carbocycles. The zero-order valence-electron chi connectivity index (χ0n) is 17.7. The summed E-state index contributed by atoms with van der Waals surface area (Å²) in [4.78, 5) is 12.6. The number of aromatic hydroxyl groups is 1. The maximum Gasteiger partial charge on any atom is 0.264 e. The number of amides is 1. The maximum absolute atomic E-state index is 13.5. The number of para-hydroxylation sites is 3. The third-order valence-electron chi connectivity index (χ3n) is 4.45. The Hall–Kier alpha value is -3.56. The van der Waals surface area contributed by atoms with Crippen LogP contribution >= 0.6 is 11.6 Å². The number of nitrogens with one attached hydrogen (secondary N) is 1. The number of carbonyl (C=O) groups excluding carboxylic acids is 1. The van der Waals surface area contributed by atoms with E-state index in [1.807, 2.05) is 0 Å². The van der Waals surface area contributed by atoms with Gasteiger partial charge in [-0.15, -0.1) is 0 Å². The second-order valence-electron chi connectivity index (χ2n) is 6.72. The van der Waals surface area contributed by atoms with Gasteiger partial charge >= 0.3 is 0 Å². The van der Waals surface area contributed by atoms with E-state index in [4.69, 9.17) is 16.3 Å². The molecule has 0 aliphatic rings. The highest BCUT2D eigenvalue weighted by Crippen LogP contribution is 2.32. The number of ether oxygens (including phenoxy) is 1. The number of hydrogen-bond donors (Lipinski definition) is 2. The van der Waals surface area contributed by atoms with E-state index >= 15 is 0 Å². The number of phenols is 1. The standard InChI is InChI=1S/C23H22ClN3O5S/c1-2-32-22-10-6-4-8-20(22)27(33(30,31)19-13-11-18(24)12-14-19)16-23(29)26-25-15-17-7-3-5-9-21(17)28/h3-15,28H,2,16H2,1H3,(H,26,29)/b25-15-. The first kappa shape index (κ1) is 24.1. The first-order valence-corrected chi connectivity index (χ1v) is 11.7. The largest absolute Gasteiger partial charge is 0.507 e. The van der Waals surface area contributed by atoms with E-state index in [-0.39, 0.29) is 16.3 Å². The van der Waals surface area contributed by atoms with Crippen molar-refractivity contribution in [3.8, 4) is 11.5 Å². The molecule has 8 nitrogen and oxygen atoms in total. The number of carbonyl (C=O) groups is 1. The highest BCUT2D eigenvalue weighted by Gasteiger charge is 2.29. The Morgan fingerprint density at radius 3 is 2.45 bits per heavy atom. The average Bonchev–Trinajstić information content (AvgIpc) is 2.80. The molecule has 33 heavy (non-hydrogen) atoms. The van der Waals surface area contributed by atoms with Crippen molar-refractivity contribution >= 4 is 39.4 Å². The van der Waals surface area contributed by atoms with Crippen LogP contribution in [0.2, 0.25) is 5.02 Å². The van der Waals surface area contributed by atoms with Crippen molar-refractivity contribution in [2.24, 2.45) is 5.10 Å². The van der Waals surface area contributed by atoms with Crippen molar-refractivity contribution in [2.45, 2.75) is 11.8 Å². The van der Waals surface area contributed by atoms with E-state index in [9.17, 15) is 18.3 Å². The van der Waals surface area contributed by atoms with Gasteiger partial charge in [0.25, 0.3) is 15.9 Å². The van der Waals surface area contributed by atoms with Crippen LogP contribution in [-0.2, 0) is 14.8 Å². The predicted octanol–water partition coefficient (Wildman–Crippen LogP) is 3.79.